The number of carbonyl (C=O) groups is 3. The van der Waals surface area contributed by atoms with E-state index in [1.165, 1.54) is 0 Å². The molecular weight excluding hydrogens is 404 g/mol. The van der Waals surface area contributed by atoms with Crippen LogP contribution in [0.4, 0.5) is 0 Å². The van der Waals surface area contributed by atoms with E-state index >= 15 is 0 Å². The number of ketones is 1. The summed E-state index contributed by atoms with van der Waals surface area (Å²) in [6, 6.07) is 17.1. The number of ether oxygens (including phenoxy) is 1. The normalized spacial score (nSPS) is 14.1. The molecule has 6 nitrogen and oxygen atoms in total. The second-order valence-electron chi connectivity index (χ2n) is 8.28. The molecule has 2 amide bonds. The van der Waals surface area contributed by atoms with E-state index in [1.807, 2.05) is 61.5 Å². The van der Waals surface area contributed by atoms with Crippen molar-refractivity contribution in [2.75, 3.05) is 19.7 Å². The zero-order chi connectivity index (χ0) is 22.8. The van der Waals surface area contributed by atoms with Crippen molar-refractivity contribution in [3.63, 3.8) is 0 Å². The fraction of sp³-hybridized carbons (Fsp3) is 0.423. The van der Waals surface area contributed by atoms with E-state index < -0.39 is 0 Å². The molecule has 0 saturated carbocycles. The van der Waals surface area contributed by atoms with E-state index in [4.69, 9.17) is 4.74 Å². The Hall–Kier alpha value is -3.15. The van der Waals surface area contributed by atoms with Gasteiger partial charge in [0.05, 0.1) is 6.61 Å². The molecule has 1 heterocycles. The van der Waals surface area contributed by atoms with Crippen molar-refractivity contribution < 1.29 is 19.1 Å². The van der Waals surface area contributed by atoms with Gasteiger partial charge in [0, 0.05) is 44.0 Å². The smallest absolute Gasteiger partial charge is 0.223 e. The Bertz CT molecular complexity index is 888. The predicted molar refractivity (Wildman–Crippen MR) is 124 cm³/mol. The van der Waals surface area contributed by atoms with Crippen LogP contribution in [0.5, 0.6) is 5.75 Å². The lowest BCUT2D eigenvalue weighted by Crippen LogP contribution is -2.46. The maximum atomic E-state index is 12.5. The largest absolute Gasteiger partial charge is 0.494 e. The summed E-state index contributed by atoms with van der Waals surface area (Å²) in [4.78, 5) is 38.7. The van der Waals surface area contributed by atoms with Gasteiger partial charge in [-0.05, 0) is 38.3 Å². The highest BCUT2D eigenvalue weighted by atomic mass is 16.5. The van der Waals surface area contributed by atoms with E-state index in [0.29, 0.717) is 38.1 Å². The highest BCUT2D eigenvalue weighted by Gasteiger charge is 2.24. The van der Waals surface area contributed by atoms with E-state index in [1.54, 1.807) is 4.90 Å². The molecule has 0 bridgehead atoms. The zero-order valence-corrected chi connectivity index (χ0v) is 18.7. The zero-order valence-electron chi connectivity index (χ0n) is 18.7. The summed E-state index contributed by atoms with van der Waals surface area (Å²) in [6.07, 6.45) is 3.02. The van der Waals surface area contributed by atoms with Gasteiger partial charge in [-0.15, -0.1) is 0 Å². The lowest BCUT2D eigenvalue weighted by atomic mass is 10.0. The molecule has 1 saturated heterocycles. The average molecular weight is 437 g/mol. The number of benzene rings is 2. The summed E-state index contributed by atoms with van der Waals surface area (Å²) in [7, 11) is 0. The first-order valence-electron chi connectivity index (χ1n) is 11.4. The van der Waals surface area contributed by atoms with E-state index in [0.717, 1.165) is 24.2 Å². The Labute approximate surface area is 189 Å². The molecule has 0 aliphatic carbocycles. The minimum absolute atomic E-state index is 0.00302. The van der Waals surface area contributed by atoms with Gasteiger partial charge in [-0.25, -0.2) is 0 Å². The topological polar surface area (TPSA) is 75.7 Å². The van der Waals surface area contributed by atoms with E-state index in [-0.39, 0.29) is 36.5 Å². The van der Waals surface area contributed by atoms with Crippen LogP contribution in [0.1, 0.15) is 54.4 Å². The molecule has 32 heavy (non-hydrogen) atoms. The summed E-state index contributed by atoms with van der Waals surface area (Å²) in [5.41, 5.74) is 1.76. The van der Waals surface area contributed by atoms with Crippen molar-refractivity contribution in [1.82, 2.24) is 10.2 Å². The number of rotatable bonds is 10. The highest BCUT2D eigenvalue weighted by molar-refractivity contribution is 5.98. The molecule has 2 aromatic carbocycles. The Balaban J connectivity index is 1.29. The van der Waals surface area contributed by atoms with Gasteiger partial charge in [0.25, 0.3) is 0 Å². The molecular formula is C26H32N2O4. The molecule has 6 heteroatoms. The molecule has 170 valence electrons. The third kappa shape index (κ3) is 7.52. The quantitative estimate of drug-likeness (QED) is 0.452. The van der Waals surface area contributed by atoms with Gasteiger partial charge in [0.15, 0.2) is 5.78 Å². The van der Waals surface area contributed by atoms with Crippen LogP contribution in [0.15, 0.2) is 54.6 Å². The maximum Gasteiger partial charge on any atom is 0.223 e. The number of nitrogens with zero attached hydrogens (tertiary/aromatic N) is 1. The monoisotopic (exact) mass is 436 g/mol. The number of Topliss-reactive ketones (excluding diaryl/α,β-unsaturated/α-hetero) is 1. The van der Waals surface area contributed by atoms with Gasteiger partial charge < -0.3 is 15.0 Å². The van der Waals surface area contributed by atoms with E-state index in [9.17, 15) is 14.4 Å². The van der Waals surface area contributed by atoms with Crippen LogP contribution < -0.4 is 10.1 Å². The molecule has 0 aromatic heterocycles. The first-order chi connectivity index (χ1) is 15.5. The van der Waals surface area contributed by atoms with Gasteiger partial charge >= 0.3 is 0 Å². The Kier molecular flexibility index (Phi) is 8.84. The summed E-state index contributed by atoms with van der Waals surface area (Å²) in [5.74, 6) is 0.839. The summed E-state index contributed by atoms with van der Waals surface area (Å²) in [6.45, 7) is 3.70. The van der Waals surface area contributed by atoms with Gasteiger partial charge in [-0.3, -0.25) is 14.4 Å². The lowest BCUT2D eigenvalue weighted by Gasteiger charge is -2.32. The van der Waals surface area contributed by atoms with Crippen LogP contribution >= 0.6 is 0 Å². The van der Waals surface area contributed by atoms with Gasteiger partial charge in [0.2, 0.25) is 11.8 Å². The number of hydrogen-bond acceptors (Lipinski definition) is 4. The van der Waals surface area contributed by atoms with Crippen molar-refractivity contribution >= 4 is 17.6 Å². The highest BCUT2D eigenvalue weighted by Crippen LogP contribution is 2.14. The second kappa shape index (κ2) is 12.0. The number of amides is 2. The molecule has 3 rings (SSSR count). The standard InChI is InChI=1S/C26H32N2O4/c1-20-9-11-21(12-10-20)24(29)13-14-26(31)28-17-15-22(16-18-28)27-25(30)8-5-19-32-23-6-3-2-4-7-23/h2-4,6-7,9-12,22H,5,8,13-19H2,1H3,(H,27,30). The fourth-order valence-corrected chi connectivity index (χ4v) is 3.77. The summed E-state index contributed by atoms with van der Waals surface area (Å²) >= 11 is 0. The van der Waals surface area contributed by atoms with Crippen molar-refractivity contribution in [2.24, 2.45) is 0 Å². The minimum atomic E-state index is -0.00302. The summed E-state index contributed by atoms with van der Waals surface area (Å²) < 4.78 is 5.61. The van der Waals surface area contributed by atoms with Gasteiger partial charge in [-0.1, -0.05) is 48.0 Å². The van der Waals surface area contributed by atoms with Gasteiger partial charge in [-0.2, -0.15) is 0 Å². The minimum Gasteiger partial charge on any atom is -0.494 e. The third-order valence-electron chi connectivity index (χ3n) is 5.71. The van der Waals surface area contributed by atoms with Crippen LogP contribution in [0, 0.1) is 6.92 Å². The predicted octanol–water partition coefficient (Wildman–Crippen LogP) is 3.92. The van der Waals surface area contributed by atoms with Crippen LogP contribution in [-0.4, -0.2) is 48.2 Å². The van der Waals surface area contributed by atoms with Crippen molar-refractivity contribution in [3.8, 4) is 5.75 Å². The summed E-state index contributed by atoms with van der Waals surface area (Å²) in [5, 5.41) is 3.07. The number of hydrogen-bond donors (Lipinski definition) is 1. The maximum absolute atomic E-state index is 12.5. The number of likely N-dealkylation sites (tertiary alicyclic amines) is 1. The Morgan fingerprint density at radius 3 is 2.31 bits per heavy atom. The molecule has 0 spiro atoms. The molecule has 0 unspecified atom stereocenters. The average Bonchev–Trinajstić information content (AvgIpc) is 2.81. The SMILES string of the molecule is Cc1ccc(C(=O)CCC(=O)N2CCC(NC(=O)CCCOc3ccccc3)CC2)cc1. The second-order valence-corrected chi connectivity index (χ2v) is 8.28. The Morgan fingerprint density at radius 2 is 1.62 bits per heavy atom. The molecule has 1 fully saturated rings. The first-order valence-corrected chi connectivity index (χ1v) is 11.4. The Morgan fingerprint density at radius 1 is 0.938 bits per heavy atom. The first kappa shape index (κ1) is 23.5. The van der Waals surface area contributed by atoms with Crippen molar-refractivity contribution in [1.29, 1.82) is 0 Å². The van der Waals surface area contributed by atoms with E-state index in [2.05, 4.69) is 5.32 Å². The van der Waals surface area contributed by atoms with Crippen molar-refractivity contribution in [3.05, 3.63) is 65.7 Å². The number of aryl methyl sites for hydroxylation is 1. The number of carbonyl (C=O) groups excluding carboxylic acids is 3. The molecule has 1 aliphatic rings. The number of para-hydroxylation sites is 1. The molecule has 2 aromatic rings. The van der Waals surface area contributed by atoms with Crippen LogP contribution in [0.3, 0.4) is 0 Å². The fourth-order valence-electron chi connectivity index (χ4n) is 3.77. The van der Waals surface area contributed by atoms with Crippen LogP contribution in [0.2, 0.25) is 0 Å². The van der Waals surface area contributed by atoms with Crippen molar-refractivity contribution in [2.45, 2.75) is 51.5 Å². The lowest BCUT2D eigenvalue weighted by molar-refractivity contribution is -0.132. The molecule has 1 aliphatic heterocycles. The third-order valence-corrected chi connectivity index (χ3v) is 5.71. The van der Waals surface area contributed by atoms with Crippen LogP contribution in [0.25, 0.3) is 0 Å². The molecule has 0 atom stereocenters. The number of piperidine rings is 1. The van der Waals surface area contributed by atoms with Gasteiger partial charge in [0.1, 0.15) is 5.75 Å². The molecule has 0 radical (unpaired) electrons. The molecule has 1 N–H and O–H groups in total. The van der Waals surface area contributed by atoms with Crippen LogP contribution in [-0.2, 0) is 9.59 Å². The number of nitrogens with one attached hydrogen (secondary N) is 1.